The van der Waals surface area contributed by atoms with E-state index < -0.39 is 6.04 Å². The lowest BCUT2D eigenvalue weighted by atomic mass is 10.1. The number of nitrogens with zero attached hydrogens (tertiary/aromatic N) is 6. The fraction of sp³-hybridized carbons (Fsp3) is 0.375. The number of fused-ring (bicyclic) bond motifs is 2. The minimum absolute atomic E-state index is 0.0485. The van der Waals surface area contributed by atoms with Crippen LogP contribution in [0.1, 0.15) is 19.0 Å². The number of nitrogens with one attached hydrogen (secondary N) is 3. The Labute approximate surface area is 226 Å². The Hall–Kier alpha value is -3.55. The molecule has 14 heteroatoms. The Morgan fingerprint density at radius 1 is 1.26 bits per heavy atom. The Bertz CT molecular complexity index is 1540. The summed E-state index contributed by atoms with van der Waals surface area (Å²) in [6.07, 6.45) is 6.26. The summed E-state index contributed by atoms with van der Waals surface area (Å²) in [7, 11) is 0. The topological polar surface area (TPSA) is 151 Å². The quantitative estimate of drug-likeness (QED) is 0.217. The number of aromatic amines is 1. The molecule has 0 aromatic carbocycles. The molecule has 4 aromatic heterocycles. The number of hydrogen-bond donors (Lipinski definition) is 3. The molecule has 6 rings (SSSR count). The summed E-state index contributed by atoms with van der Waals surface area (Å²) in [5, 5.41) is 7.86. The second-order valence-electron chi connectivity index (χ2n) is 9.06. The van der Waals surface area contributed by atoms with Gasteiger partial charge in [0.2, 0.25) is 5.91 Å². The van der Waals surface area contributed by atoms with Crippen molar-refractivity contribution in [1.82, 2.24) is 40.5 Å². The van der Waals surface area contributed by atoms with Gasteiger partial charge in [0, 0.05) is 48.7 Å². The van der Waals surface area contributed by atoms with E-state index in [1.807, 2.05) is 13.0 Å². The van der Waals surface area contributed by atoms with E-state index in [1.165, 1.54) is 11.8 Å². The van der Waals surface area contributed by atoms with Gasteiger partial charge in [0.1, 0.15) is 23.0 Å². The first kappa shape index (κ1) is 24.8. The number of esters is 1. The minimum atomic E-state index is -0.419. The van der Waals surface area contributed by atoms with Crippen molar-refractivity contribution in [3.8, 4) is 0 Å². The predicted octanol–water partition coefficient (Wildman–Crippen LogP) is 1.87. The van der Waals surface area contributed by atoms with Gasteiger partial charge in [-0.05, 0) is 24.2 Å². The van der Waals surface area contributed by atoms with Crippen molar-refractivity contribution < 1.29 is 14.3 Å². The number of carbonyl (C=O) groups excluding carboxylic acids is 2. The van der Waals surface area contributed by atoms with Gasteiger partial charge in [0.05, 0.1) is 29.6 Å². The lowest BCUT2D eigenvalue weighted by Crippen LogP contribution is -2.61. The first-order chi connectivity index (χ1) is 18.5. The molecule has 3 N–H and O–H groups in total. The van der Waals surface area contributed by atoms with Crippen molar-refractivity contribution in [3.63, 3.8) is 0 Å². The van der Waals surface area contributed by atoms with Crippen molar-refractivity contribution in [1.29, 1.82) is 0 Å². The van der Waals surface area contributed by atoms with Crippen LogP contribution >= 0.6 is 23.4 Å². The van der Waals surface area contributed by atoms with Crippen LogP contribution in [0.5, 0.6) is 0 Å². The molecule has 1 unspecified atom stereocenters. The summed E-state index contributed by atoms with van der Waals surface area (Å²) in [5.41, 5.74) is 2.82. The van der Waals surface area contributed by atoms with Crippen LogP contribution in [0.15, 0.2) is 34.7 Å². The van der Waals surface area contributed by atoms with Gasteiger partial charge >= 0.3 is 5.97 Å². The van der Waals surface area contributed by atoms with Gasteiger partial charge < -0.3 is 19.9 Å². The third-order valence-corrected chi connectivity index (χ3v) is 7.72. The Morgan fingerprint density at radius 2 is 2.11 bits per heavy atom. The second kappa shape index (κ2) is 10.3. The van der Waals surface area contributed by atoms with E-state index in [1.54, 1.807) is 18.6 Å². The van der Waals surface area contributed by atoms with Crippen LogP contribution < -0.4 is 15.5 Å². The van der Waals surface area contributed by atoms with Crippen LogP contribution in [0.2, 0.25) is 5.02 Å². The average molecular weight is 554 g/mol. The van der Waals surface area contributed by atoms with Gasteiger partial charge in [-0.1, -0.05) is 18.5 Å². The fourth-order valence-corrected chi connectivity index (χ4v) is 5.62. The predicted molar refractivity (Wildman–Crippen MR) is 141 cm³/mol. The third-order valence-electron chi connectivity index (χ3n) is 6.48. The maximum atomic E-state index is 12.4. The van der Waals surface area contributed by atoms with Crippen molar-refractivity contribution in [2.45, 2.75) is 41.9 Å². The fourth-order valence-electron chi connectivity index (χ4n) is 4.51. The zero-order valence-corrected chi connectivity index (χ0v) is 22.0. The smallest absolute Gasteiger partial charge is 0.323 e. The van der Waals surface area contributed by atoms with E-state index in [0.717, 1.165) is 22.4 Å². The molecule has 4 aromatic rings. The molecule has 2 fully saturated rings. The highest BCUT2D eigenvalue weighted by atomic mass is 35.5. The molecule has 0 saturated carbocycles. The van der Waals surface area contributed by atoms with Crippen LogP contribution in [0.3, 0.4) is 0 Å². The van der Waals surface area contributed by atoms with Crippen LogP contribution in [0.4, 0.5) is 5.82 Å². The van der Waals surface area contributed by atoms with Gasteiger partial charge in [-0.15, -0.1) is 0 Å². The molecular weight excluding hydrogens is 530 g/mol. The molecule has 2 aliphatic rings. The van der Waals surface area contributed by atoms with Gasteiger partial charge in [-0.3, -0.25) is 19.9 Å². The second-order valence-corrected chi connectivity index (χ2v) is 10.5. The number of rotatable bonds is 8. The molecule has 6 heterocycles. The summed E-state index contributed by atoms with van der Waals surface area (Å²) in [6.45, 7) is 3.61. The Kier molecular flexibility index (Phi) is 6.72. The van der Waals surface area contributed by atoms with E-state index in [-0.39, 0.29) is 24.5 Å². The number of ether oxygens (including phenoxy) is 1. The first-order valence-electron chi connectivity index (χ1n) is 12.3. The van der Waals surface area contributed by atoms with Crippen LogP contribution in [-0.2, 0) is 20.7 Å². The highest BCUT2D eigenvalue weighted by Crippen LogP contribution is 2.38. The Balaban J connectivity index is 1.18. The molecule has 2 aliphatic heterocycles. The van der Waals surface area contributed by atoms with Gasteiger partial charge in [-0.25, -0.2) is 19.9 Å². The van der Waals surface area contributed by atoms with E-state index in [2.05, 4.69) is 35.5 Å². The molecule has 1 atom stereocenters. The molecule has 2 saturated heterocycles. The maximum absolute atomic E-state index is 12.4. The van der Waals surface area contributed by atoms with Gasteiger partial charge in [0.15, 0.2) is 10.8 Å². The molecule has 1 amide bonds. The number of pyridine rings is 1. The van der Waals surface area contributed by atoms with Gasteiger partial charge in [0.25, 0.3) is 0 Å². The van der Waals surface area contributed by atoms with E-state index in [9.17, 15) is 9.59 Å². The molecule has 0 bridgehead atoms. The molecule has 0 radical (unpaired) electrons. The number of hydrogen-bond acceptors (Lipinski definition) is 11. The lowest BCUT2D eigenvalue weighted by Gasteiger charge is -2.40. The summed E-state index contributed by atoms with van der Waals surface area (Å²) in [5.74, 6) is 0.235. The first-order valence-corrected chi connectivity index (χ1v) is 13.4. The number of anilines is 1. The van der Waals surface area contributed by atoms with Crippen LogP contribution in [0.25, 0.3) is 22.2 Å². The molecule has 0 aliphatic carbocycles. The maximum Gasteiger partial charge on any atom is 0.323 e. The van der Waals surface area contributed by atoms with Crippen molar-refractivity contribution >= 4 is 63.3 Å². The molecule has 0 spiro atoms. The highest BCUT2D eigenvalue weighted by Gasteiger charge is 2.33. The van der Waals surface area contributed by atoms with Crippen molar-refractivity contribution in [2.75, 3.05) is 31.1 Å². The minimum Gasteiger partial charge on any atom is -0.464 e. The lowest BCUT2D eigenvalue weighted by molar-refractivity contribution is -0.139. The number of amides is 1. The molecule has 38 heavy (non-hydrogen) atoms. The molecular formula is C24H24ClN9O3S. The van der Waals surface area contributed by atoms with Crippen LogP contribution in [-0.4, -0.2) is 80.1 Å². The number of aromatic nitrogens is 6. The average Bonchev–Trinajstić information content (AvgIpc) is 3.46. The standard InChI is InChI=1S/C24H24ClN9O3S/c1-2-14-19(25)18-21(31-14)32-24(38-13-7-16-20(29-8-13)27-5-4-26-16)33-22(18)34-10-12(11-34)30-17(35)9-28-15-3-6-37-23(15)36/h4-5,7-8,12,15,28H,2-3,6,9-11H2,1H3,(H,30,35)(H,31,32,33). The number of H-pyrrole nitrogens is 1. The van der Waals surface area contributed by atoms with Crippen molar-refractivity contribution in [3.05, 3.63) is 35.4 Å². The molecule has 196 valence electrons. The SMILES string of the molecule is CCc1[nH]c2nc(Sc3cnc4nccnc4c3)nc(N3CC(NC(=O)CNC4CCOC4=O)C3)c2c1Cl. The Morgan fingerprint density at radius 3 is 2.89 bits per heavy atom. The zero-order chi connectivity index (χ0) is 26.2. The van der Waals surface area contributed by atoms with Gasteiger partial charge in [-0.2, -0.15) is 0 Å². The third kappa shape index (κ3) is 4.84. The van der Waals surface area contributed by atoms with Crippen molar-refractivity contribution in [2.24, 2.45) is 0 Å². The summed E-state index contributed by atoms with van der Waals surface area (Å²) in [4.78, 5) is 52.7. The summed E-state index contributed by atoms with van der Waals surface area (Å²) < 4.78 is 4.92. The number of halogens is 1. The number of carbonyl (C=O) groups is 2. The van der Waals surface area contributed by atoms with E-state index in [4.69, 9.17) is 26.3 Å². The monoisotopic (exact) mass is 553 g/mol. The largest absolute Gasteiger partial charge is 0.464 e. The van der Waals surface area contributed by atoms with E-state index >= 15 is 0 Å². The normalized spacial score (nSPS) is 17.7. The number of aryl methyl sites for hydroxylation is 1. The summed E-state index contributed by atoms with van der Waals surface area (Å²) in [6, 6.07) is 1.44. The number of cyclic esters (lactones) is 1. The highest BCUT2D eigenvalue weighted by molar-refractivity contribution is 7.99. The van der Waals surface area contributed by atoms with Crippen LogP contribution in [0, 0.1) is 0 Å². The zero-order valence-electron chi connectivity index (χ0n) is 20.4. The summed E-state index contributed by atoms with van der Waals surface area (Å²) >= 11 is 8.09. The molecule has 12 nitrogen and oxygen atoms in total. The van der Waals surface area contributed by atoms with E-state index in [0.29, 0.717) is 58.9 Å².